The molecule has 0 bridgehead atoms. The average Bonchev–Trinajstić information content (AvgIpc) is 3.08. The summed E-state index contributed by atoms with van der Waals surface area (Å²) in [5, 5.41) is 8.86. The maximum absolute atomic E-state index is 13.8. The summed E-state index contributed by atoms with van der Waals surface area (Å²) in [5.74, 6) is -1.24. The minimum Gasteiger partial charge on any atom is -0.292 e. The molecular formula is C13H12F2N4O. The predicted molar refractivity (Wildman–Crippen MR) is 67.0 cm³/mol. The summed E-state index contributed by atoms with van der Waals surface area (Å²) in [6, 6.07) is 3.59. The zero-order valence-electron chi connectivity index (χ0n) is 10.7. The second-order valence-corrected chi connectivity index (χ2v) is 4.88. The molecule has 2 aromatic rings. The molecule has 0 saturated heterocycles. The van der Waals surface area contributed by atoms with Gasteiger partial charge in [-0.1, -0.05) is 6.07 Å². The highest BCUT2D eigenvalue weighted by Crippen LogP contribution is 2.50. The van der Waals surface area contributed by atoms with E-state index in [0.717, 1.165) is 12.1 Å². The third kappa shape index (κ3) is 1.95. The van der Waals surface area contributed by atoms with Crippen LogP contribution in [0.4, 0.5) is 14.7 Å². The van der Waals surface area contributed by atoms with Crippen LogP contribution in [0.5, 0.6) is 0 Å². The van der Waals surface area contributed by atoms with Crippen molar-refractivity contribution in [3.8, 4) is 0 Å². The fourth-order valence-electron chi connectivity index (χ4n) is 2.29. The van der Waals surface area contributed by atoms with Crippen LogP contribution in [0.15, 0.2) is 18.2 Å². The number of aromatic nitrogens is 3. The summed E-state index contributed by atoms with van der Waals surface area (Å²) in [4.78, 5) is 16.2. The van der Waals surface area contributed by atoms with Crippen LogP contribution in [-0.4, -0.2) is 21.1 Å². The van der Waals surface area contributed by atoms with E-state index in [0.29, 0.717) is 18.7 Å². The fourth-order valence-corrected chi connectivity index (χ4v) is 2.29. The number of hydrogen-bond acceptors (Lipinski definition) is 3. The lowest BCUT2D eigenvalue weighted by molar-refractivity contribution is -0.118. The number of hydrogen-bond donors (Lipinski definition) is 2. The minimum atomic E-state index is -1.15. The third-order valence-corrected chi connectivity index (χ3v) is 3.45. The average molecular weight is 278 g/mol. The van der Waals surface area contributed by atoms with E-state index in [4.69, 9.17) is 0 Å². The second kappa shape index (κ2) is 4.36. The molecule has 3 rings (SSSR count). The summed E-state index contributed by atoms with van der Waals surface area (Å²) >= 11 is 0. The molecule has 7 heteroatoms. The second-order valence-electron chi connectivity index (χ2n) is 4.88. The van der Waals surface area contributed by atoms with Crippen LogP contribution >= 0.6 is 0 Å². The smallest absolute Gasteiger partial charge is 0.248 e. The van der Waals surface area contributed by atoms with Crippen molar-refractivity contribution in [2.24, 2.45) is 0 Å². The van der Waals surface area contributed by atoms with Crippen molar-refractivity contribution in [2.45, 2.75) is 25.2 Å². The molecule has 1 aliphatic rings. The number of benzene rings is 1. The van der Waals surface area contributed by atoms with Gasteiger partial charge in [-0.25, -0.2) is 8.78 Å². The van der Waals surface area contributed by atoms with E-state index in [1.54, 1.807) is 6.92 Å². The van der Waals surface area contributed by atoms with Gasteiger partial charge >= 0.3 is 0 Å². The van der Waals surface area contributed by atoms with Crippen LogP contribution in [0.3, 0.4) is 0 Å². The molecule has 20 heavy (non-hydrogen) atoms. The molecule has 1 aliphatic carbocycles. The quantitative estimate of drug-likeness (QED) is 0.902. The molecule has 0 spiro atoms. The van der Waals surface area contributed by atoms with Crippen LogP contribution in [0.25, 0.3) is 0 Å². The molecule has 104 valence electrons. The standard InChI is InChI=1S/C13H12F2N4O/c1-7-16-12(19-18-7)17-11(20)13(5-6-13)10-8(14)3-2-4-9(10)15/h2-4H,5-6H2,1H3,(H2,16,17,18,19,20). The lowest BCUT2D eigenvalue weighted by Crippen LogP contribution is -2.30. The van der Waals surface area contributed by atoms with Gasteiger partial charge in [0, 0.05) is 5.56 Å². The van der Waals surface area contributed by atoms with Crippen molar-refractivity contribution < 1.29 is 13.6 Å². The summed E-state index contributed by atoms with van der Waals surface area (Å²) in [5.41, 5.74) is -1.32. The number of carbonyl (C=O) groups excluding carboxylic acids is 1. The maximum atomic E-state index is 13.8. The van der Waals surface area contributed by atoms with Crippen LogP contribution in [0, 0.1) is 18.6 Å². The van der Waals surface area contributed by atoms with Gasteiger partial charge in [0.2, 0.25) is 11.9 Å². The van der Waals surface area contributed by atoms with Crippen LogP contribution in [-0.2, 0) is 10.2 Å². The number of nitrogens with zero attached hydrogens (tertiary/aromatic N) is 2. The molecule has 1 saturated carbocycles. The maximum Gasteiger partial charge on any atom is 0.248 e. The number of rotatable bonds is 3. The number of aryl methyl sites for hydroxylation is 1. The third-order valence-electron chi connectivity index (χ3n) is 3.45. The monoisotopic (exact) mass is 278 g/mol. The Morgan fingerprint density at radius 3 is 2.50 bits per heavy atom. The summed E-state index contributed by atoms with van der Waals surface area (Å²) in [6.07, 6.45) is 0.806. The van der Waals surface area contributed by atoms with Crippen molar-refractivity contribution in [3.05, 3.63) is 41.2 Å². The first kappa shape index (κ1) is 12.7. The molecule has 0 unspecified atom stereocenters. The topological polar surface area (TPSA) is 70.7 Å². The molecular weight excluding hydrogens is 266 g/mol. The van der Waals surface area contributed by atoms with Crippen LogP contribution < -0.4 is 5.32 Å². The molecule has 1 aromatic carbocycles. The van der Waals surface area contributed by atoms with E-state index < -0.39 is 23.0 Å². The molecule has 0 radical (unpaired) electrons. The number of carbonyl (C=O) groups is 1. The Bertz CT molecular complexity index is 659. The number of amides is 1. The number of nitrogens with one attached hydrogen (secondary N) is 2. The lowest BCUT2D eigenvalue weighted by Gasteiger charge is -2.15. The summed E-state index contributed by atoms with van der Waals surface area (Å²) in [7, 11) is 0. The Hall–Kier alpha value is -2.31. The molecule has 0 atom stereocenters. The van der Waals surface area contributed by atoms with Crippen molar-refractivity contribution in [3.63, 3.8) is 0 Å². The van der Waals surface area contributed by atoms with Gasteiger partial charge < -0.3 is 0 Å². The zero-order chi connectivity index (χ0) is 14.3. The number of aromatic amines is 1. The van der Waals surface area contributed by atoms with Gasteiger partial charge in [0.1, 0.15) is 17.5 Å². The fraction of sp³-hybridized carbons (Fsp3) is 0.308. The largest absolute Gasteiger partial charge is 0.292 e. The van der Waals surface area contributed by atoms with Crippen molar-refractivity contribution in [2.75, 3.05) is 5.32 Å². The van der Waals surface area contributed by atoms with Gasteiger partial charge in [-0.2, -0.15) is 4.98 Å². The highest BCUT2D eigenvalue weighted by atomic mass is 19.1. The van der Waals surface area contributed by atoms with Crippen molar-refractivity contribution in [1.82, 2.24) is 15.2 Å². The van der Waals surface area contributed by atoms with E-state index in [2.05, 4.69) is 20.5 Å². The molecule has 1 fully saturated rings. The minimum absolute atomic E-state index is 0.107. The lowest BCUT2D eigenvalue weighted by atomic mass is 9.94. The summed E-state index contributed by atoms with van der Waals surface area (Å²) < 4.78 is 27.7. The van der Waals surface area contributed by atoms with E-state index >= 15 is 0 Å². The first-order valence-corrected chi connectivity index (χ1v) is 6.18. The van der Waals surface area contributed by atoms with Crippen molar-refractivity contribution >= 4 is 11.9 Å². The van der Waals surface area contributed by atoms with Crippen LogP contribution in [0.2, 0.25) is 0 Å². The highest BCUT2D eigenvalue weighted by molar-refractivity contribution is 6.00. The SMILES string of the molecule is Cc1nc(NC(=O)C2(c3c(F)cccc3F)CC2)n[nH]1. The normalized spacial score (nSPS) is 15.9. The predicted octanol–water partition coefficient (Wildman–Crippen LogP) is 2.06. The molecule has 1 amide bonds. The van der Waals surface area contributed by atoms with E-state index in [1.165, 1.54) is 6.07 Å². The molecule has 0 aliphatic heterocycles. The molecule has 2 N–H and O–H groups in total. The first-order chi connectivity index (χ1) is 9.53. The Kier molecular flexibility index (Phi) is 2.77. The molecule has 5 nitrogen and oxygen atoms in total. The zero-order valence-corrected chi connectivity index (χ0v) is 10.7. The number of anilines is 1. The van der Waals surface area contributed by atoms with E-state index in [1.807, 2.05) is 0 Å². The van der Waals surface area contributed by atoms with Gasteiger partial charge in [0.15, 0.2) is 0 Å². The summed E-state index contributed by atoms with van der Waals surface area (Å²) in [6.45, 7) is 1.69. The van der Waals surface area contributed by atoms with E-state index in [9.17, 15) is 13.6 Å². The van der Waals surface area contributed by atoms with E-state index in [-0.39, 0.29) is 11.5 Å². The molecule has 1 heterocycles. The number of halogens is 2. The Balaban J connectivity index is 1.91. The number of H-pyrrole nitrogens is 1. The van der Waals surface area contributed by atoms with Crippen molar-refractivity contribution in [1.29, 1.82) is 0 Å². The van der Waals surface area contributed by atoms with Gasteiger partial charge in [0.25, 0.3) is 0 Å². The van der Waals surface area contributed by atoms with Gasteiger partial charge in [-0.3, -0.25) is 15.2 Å². The van der Waals surface area contributed by atoms with Gasteiger partial charge in [-0.05, 0) is 31.9 Å². The highest BCUT2D eigenvalue weighted by Gasteiger charge is 2.54. The first-order valence-electron chi connectivity index (χ1n) is 6.18. The Morgan fingerprint density at radius 2 is 2.00 bits per heavy atom. The van der Waals surface area contributed by atoms with Gasteiger partial charge in [-0.15, -0.1) is 5.10 Å². The van der Waals surface area contributed by atoms with Crippen LogP contribution in [0.1, 0.15) is 24.2 Å². The Morgan fingerprint density at radius 1 is 1.35 bits per heavy atom. The van der Waals surface area contributed by atoms with Gasteiger partial charge in [0.05, 0.1) is 5.41 Å². The molecule has 1 aromatic heterocycles. The Labute approximate surface area is 113 Å².